The molecule has 0 spiro atoms. The number of ether oxygens (including phenoxy) is 1. The number of hydrogen-bond donors (Lipinski definition) is 0. The third kappa shape index (κ3) is 3.25. The average Bonchev–Trinajstić information content (AvgIpc) is 2.57. The van der Waals surface area contributed by atoms with Gasteiger partial charge in [-0.3, -0.25) is 4.90 Å². The van der Waals surface area contributed by atoms with E-state index in [4.69, 9.17) is 4.74 Å². The van der Waals surface area contributed by atoms with Gasteiger partial charge in [0.15, 0.2) is 0 Å². The Bertz CT molecular complexity index is 522. The minimum atomic E-state index is 0.426. The maximum absolute atomic E-state index is 5.72. The molecule has 3 heteroatoms. The van der Waals surface area contributed by atoms with Crippen molar-refractivity contribution in [2.24, 2.45) is 23.7 Å². The fourth-order valence-electron chi connectivity index (χ4n) is 5.56. The molecule has 0 radical (unpaired) electrons. The Hall–Kier alpha value is -0.380. The highest BCUT2D eigenvalue weighted by molar-refractivity contribution is 9.09. The first-order chi connectivity index (χ1) is 11.2. The Morgan fingerprint density at radius 2 is 1.91 bits per heavy atom. The average molecular weight is 378 g/mol. The molecule has 0 amide bonds. The second-order valence-electron chi connectivity index (χ2n) is 7.90. The standard InChI is InChI=1S/C20H28BrNO/c1-23-19-8-7-17-16-9-15(10-18(17)20(19)21)12-22(13-16)11-14-5-3-2-4-6-14/h2-6,15-20H,7-13H2,1H3. The van der Waals surface area contributed by atoms with E-state index < -0.39 is 0 Å². The van der Waals surface area contributed by atoms with Gasteiger partial charge >= 0.3 is 0 Å². The van der Waals surface area contributed by atoms with E-state index >= 15 is 0 Å². The minimum Gasteiger partial charge on any atom is -0.380 e. The van der Waals surface area contributed by atoms with Crippen LogP contribution in [0.1, 0.15) is 31.2 Å². The number of methoxy groups -OCH3 is 1. The van der Waals surface area contributed by atoms with Gasteiger partial charge in [-0.2, -0.15) is 0 Å². The molecule has 2 aliphatic carbocycles. The van der Waals surface area contributed by atoms with Gasteiger partial charge in [0.2, 0.25) is 0 Å². The molecule has 2 bridgehead atoms. The zero-order chi connectivity index (χ0) is 15.8. The lowest BCUT2D eigenvalue weighted by Gasteiger charge is -2.53. The molecule has 2 saturated carbocycles. The van der Waals surface area contributed by atoms with Gasteiger partial charge in [-0.15, -0.1) is 0 Å². The summed E-state index contributed by atoms with van der Waals surface area (Å²) in [6.07, 6.45) is 5.87. The van der Waals surface area contributed by atoms with E-state index in [1.807, 2.05) is 7.11 Å². The molecule has 6 unspecified atom stereocenters. The van der Waals surface area contributed by atoms with Crippen LogP contribution in [-0.4, -0.2) is 36.0 Å². The van der Waals surface area contributed by atoms with Gasteiger partial charge in [0.05, 0.1) is 6.10 Å². The second kappa shape index (κ2) is 6.85. The predicted octanol–water partition coefficient (Wildman–Crippen LogP) is 4.33. The highest BCUT2D eigenvalue weighted by Crippen LogP contribution is 2.50. The lowest BCUT2D eigenvalue weighted by Crippen LogP contribution is -2.53. The molecule has 2 nitrogen and oxygen atoms in total. The molecule has 3 aliphatic rings. The van der Waals surface area contributed by atoms with E-state index in [1.54, 1.807) is 0 Å². The highest BCUT2D eigenvalue weighted by atomic mass is 79.9. The zero-order valence-electron chi connectivity index (χ0n) is 14.0. The lowest BCUT2D eigenvalue weighted by molar-refractivity contribution is -0.0456. The van der Waals surface area contributed by atoms with Crippen molar-refractivity contribution in [2.75, 3.05) is 20.2 Å². The summed E-state index contributed by atoms with van der Waals surface area (Å²) in [7, 11) is 1.88. The molecule has 0 aromatic heterocycles. The minimum absolute atomic E-state index is 0.426. The molecule has 23 heavy (non-hydrogen) atoms. The Balaban J connectivity index is 1.45. The first-order valence-electron chi connectivity index (χ1n) is 9.17. The number of rotatable bonds is 3. The molecular weight excluding hydrogens is 350 g/mol. The van der Waals surface area contributed by atoms with Crippen molar-refractivity contribution in [1.29, 1.82) is 0 Å². The van der Waals surface area contributed by atoms with Crippen LogP contribution in [0, 0.1) is 23.7 Å². The van der Waals surface area contributed by atoms with Gasteiger partial charge in [-0.1, -0.05) is 46.3 Å². The molecule has 0 N–H and O–H groups in total. The maximum atomic E-state index is 5.72. The van der Waals surface area contributed by atoms with Crippen molar-refractivity contribution >= 4 is 15.9 Å². The number of fused-ring (bicyclic) bond motifs is 4. The van der Waals surface area contributed by atoms with Crippen LogP contribution in [0.2, 0.25) is 0 Å². The summed E-state index contributed by atoms with van der Waals surface area (Å²) < 4.78 is 5.72. The number of benzene rings is 1. The number of halogens is 1. The van der Waals surface area contributed by atoms with Crippen molar-refractivity contribution in [3.8, 4) is 0 Å². The molecule has 4 rings (SSSR count). The van der Waals surface area contributed by atoms with Crippen LogP contribution in [0.25, 0.3) is 0 Å². The topological polar surface area (TPSA) is 12.5 Å². The van der Waals surface area contributed by atoms with Crippen LogP contribution in [0.4, 0.5) is 0 Å². The summed E-state index contributed by atoms with van der Waals surface area (Å²) in [5.41, 5.74) is 1.46. The third-order valence-corrected chi connectivity index (χ3v) is 7.78. The Morgan fingerprint density at radius 3 is 2.70 bits per heavy atom. The fraction of sp³-hybridized carbons (Fsp3) is 0.700. The van der Waals surface area contributed by atoms with Crippen LogP contribution in [0.3, 0.4) is 0 Å². The molecule has 1 aliphatic heterocycles. The van der Waals surface area contributed by atoms with Crippen LogP contribution in [0.5, 0.6) is 0 Å². The van der Waals surface area contributed by atoms with Crippen molar-refractivity contribution in [2.45, 2.75) is 43.2 Å². The number of hydrogen-bond acceptors (Lipinski definition) is 2. The first kappa shape index (κ1) is 16.1. The normalized spacial score (nSPS) is 40.6. The van der Waals surface area contributed by atoms with E-state index in [9.17, 15) is 0 Å². The van der Waals surface area contributed by atoms with Crippen LogP contribution in [-0.2, 0) is 11.3 Å². The molecule has 3 fully saturated rings. The highest BCUT2D eigenvalue weighted by Gasteiger charge is 2.48. The predicted molar refractivity (Wildman–Crippen MR) is 97.7 cm³/mol. The number of alkyl halides is 1. The molecule has 1 saturated heterocycles. The quantitative estimate of drug-likeness (QED) is 0.726. The van der Waals surface area contributed by atoms with Gasteiger partial charge in [-0.05, 0) is 54.9 Å². The van der Waals surface area contributed by atoms with Crippen molar-refractivity contribution in [1.82, 2.24) is 4.90 Å². The molecule has 126 valence electrons. The fourth-order valence-corrected chi connectivity index (χ4v) is 6.65. The third-order valence-electron chi connectivity index (χ3n) is 6.51. The van der Waals surface area contributed by atoms with Crippen molar-refractivity contribution in [3.05, 3.63) is 35.9 Å². The summed E-state index contributed by atoms with van der Waals surface area (Å²) >= 11 is 4.00. The molecular formula is C20H28BrNO. The summed E-state index contributed by atoms with van der Waals surface area (Å²) in [5, 5.41) is 0. The summed E-state index contributed by atoms with van der Waals surface area (Å²) in [4.78, 5) is 3.29. The van der Waals surface area contributed by atoms with E-state index in [1.165, 1.54) is 44.3 Å². The second-order valence-corrected chi connectivity index (χ2v) is 8.96. The SMILES string of the molecule is COC1CCC2C3CC(CC2C1Br)CN(Cc1ccccc1)C3. The van der Waals surface area contributed by atoms with Gasteiger partial charge in [0.25, 0.3) is 0 Å². The Morgan fingerprint density at radius 1 is 1.09 bits per heavy atom. The van der Waals surface area contributed by atoms with Crippen LogP contribution < -0.4 is 0 Å². The zero-order valence-corrected chi connectivity index (χ0v) is 15.6. The number of piperidine rings is 1. The number of nitrogens with zero attached hydrogens (tertiary/aromatic N) is 1. The smallest absolute Gasteiger partial charge is 0.0699 e. The van der Waals surface area contributed by atoms with Gasteiger partial charge in [0, 0.05) is 31.6 Å². The summed E-state index contributed by atoms with van der Waals surface area (Å²) in [5.74, 6) is 3.51. The van der Waals surface area contributed by atoms with E-state index in [2.05, 4.69) is 51.2 Å². The van der Waals surface area contributed by atoms with Crippen LogP contribution >= 0.6 is 15.9 Å². The van der Waals surface area contributed by atoms with Crippen molar-refractivity contribution in [3.63, 3.8) is 0 Å². The number of likely N-dealkylation sites (tertiary alicyclic amines) is 1. The van der Waals surface area contributed by atoms with Crippen molar-refractivity contribution < 1.29 is 4.74 Å². The molecule has 6 atom stereocenters. The monoisotopic (exact) mass is 377 g/mol. The largest absolute Gasteiger partial charge is 0.380 e. The molecule has 1 heterocycles. The van der Waals surface area contributed by atoms with Crippen LogP contribution in [0.15, 0.2) is 30.3 Å². The first-order valence-corrected chi connectivity index (χ1v) is 10.1. The van der Waals surface area contributed by atoms with Gasteiger partial charge in [-0.25, -0.2) is 0 Å². The summed E-state index contributed by atoms with van der Waals surface area (Å²) in [6.45, 7) is 3.71. The molecule has 1 aromatic rings. The van der Waals surface area contributed by atoms with E-state index in [0.29, 0.717) is 10.9 Å². The lowest BCUT2D eigenvalue weighted by atomic mass is 9.60. The van der Waals surface area contributed by atoms with Gasteiger partial charge < -0.3 is 4.74 Å². The Labute approximate surface area is 148 Å². The Kier molecular flexibility index (Phi) is 4.80. The van der Waals surface area contributed by atoms with E-state index in [-0.39, 0.29) is 0 Å². The summed E-state index contributed by atoms with van der Waals surface area (Å²) in [6, 6.07) is 11.0. The van der Waals surface area contributed by atoms with E-state index in [0.717, 1.165) is 30.2 Å². The maximum Gasteiger partial charge on any atom is 0.0699 e. The molecule has 1 aromatic carbocycles. The van der Waals surface area contributed by atoms with Gasteiger partial charge in [0.1, 0.15) is 0 Å².